The molecule has 0 unspecified atom stereocenters. The third kappa shape index (κ3) is 3.60. The van der Waals surface area contributed by atoms with E-state index in [9.17, 15) is 4.39 Å². The topological polar surface area (TPSA) is 35.2 Å². The Balaban J connectivity index is 2.15. The lowest BCUT2D eigenvalue weighted by atomic mass is 10.1. The van der Waals surface area contributed by atoms with E-state index in [0.717, 1.165) is 5.56 Å². The molecule has 0 aliphatic heterocycles. The highest BCUT2D eigenvalue weighted by atomic mass is 35.5. The van der Waals surface area contributed by atoms with Crippen LogP contribution in [-0.4, -0.2) is 4.99 Å². The Morgan fingerprint density at radius 2 is 1.95 bits per heavy atom. The molecule has 0 saturated heterocycles. The molecule has 0 atom stereocenters. The number of halogens is 3. The van der Waals surface area contributed by atoms with Gasteiger partial charge in [-0.05, 0) is 35.9 Å². The van der Waals surface area contributed by atoms with Gasteiger partial charge in [0.25, 0.3) is 0 Å². The molecule has 2 nitrogen and oxygen atoms in total. The highest BCUT2D eigenvalue weighted by Gasteiger charge is 2.08. The Morgan fingerprint density at radius 1 is 1.20 bits per heavy atom. The molecular formula is C14H10Cl2FNOS. The monoisotopic (exact) mass is 329 g/mol. The predicted molar refractivity (Wildman–Crippen MR) is 83.1 cm³/mol. The van der Waals surface area contributed by atoms with Gasteiger partial charge in [0.1, 0.15) is 23.2 Å². The zero-order valence-corrected chi connectivity index (χ0v) is 12.5. The van der Waals surface area contributed by atoms with Crippen molar-refractivity contribution in [2.75, 3.05) is 0 Å². The number of benzene rings is 2. The second-order valence-corrected chi connectivity index (χ2v) is 5.33. The van der Waals surface area contributed by atoms with Crippen molar-refractivity contribution >= 4 is 40.4 Å². The molecule has 0 aliphatic carbocycles. The van der Waals surface area contributed by atoms with E-state index in [-0.39, 0.29) is 17.2 Å². The number of rotatable bonds is 4. The van der Waals surface area contributed by atoms with Gasteiger partial charge < -0.3 is 10.5 Å². The number of ether oxygens (including phenoxy) is 1. The minimum atomic E-state index is -0.453. The normalized spacial score (nSPS) is 10.3. The van der Waals surface area contributed by atoms with Crippen molar-refractivity contribution in [1.82, 2.24) is 0 Å². The van der Waals surface area contributed by atoms with E-state index >= 15 is 0 Å². The molecule has 0 aromatic heterocycles. The summed E-state index contributed by atoms with van der Waals surface area (Å²) < 4.78 is 19.0. The van der Waals surface area contributed by atoms with Crippen LogP contribution in [0, 0.1) is 5.82 Å². The summed E-state index contributed by atoms with van der Waals surface area (Å²) >= 11 is 16.6. The molecule has 0 heterocycles. The molecule has 0 saturated carbocycles. The molecule has 2 N–H and O–H groups in total. The van der Waals surface area contributed by atoms with Crippen LogP contribution in [0.15, 0.2) is 36.4 Å². The molecule has 2 rings (SSSR count). The molecular weight excluding hydrogens is 320 g/mol. The Labute approximate surface area is 131 Å². The first-order valence-corrected chi connectivity index (χ1v) is 6.80. The van der Waals surface area contributed by atoms with E-state index in [1.807, 2.05) is 0 Å². The van der Waals surface area contributed by atoms with Crippen molar-refractivity contribution in [2.45, 2.75) is 6.61 Å². The smallest absolute Gasteiger partial charge is 0.138 e. The molecule has 104 valence electrons. The van der Waals surface area contributed by atoms with Crippen molar-refractivity contribution in [2.24, 2.45) is 5.73 Å². The van der Waals surface area contributed by atoms with Gasteiger partial charge in [-0.2, -0.15) is 0 Å². The van der Waals surface area contributed by atoms with Crippen molar-refractivity contribution < 1.29 is 9.13 Å². The van der Waals surface area contributed by atoms with E-state index in [1.54, 1.807) is 30.3 Å². The van der Waals surface area contributed by atoms with Crippen LogP contribution in [-0.2, 0) is 6.61 Å². The zero-order valence-electron chi connectivity index (χ0n) is 10.2. The second kappa shape index (κ2) is 6.39. The van der Waals surface area contributed by atoms with Gasteiger partial charge in [0.05, 0.1) is 5.02 Å². The molecule has 0 spiro atoms. The van der Waals surface area contributed by atoms with Gasteiger partial charge in [-0.1, -0.05) is 41.5 Å². The summed E-state index contributed by atoms with van der Waals surface area (Å²) in [5.74, 6) is 0.0445. The summed E-state index contributed by atoms with van der Waals surface area (Å²) in [6, 6.07) is 9.39. The molecule has 6 heteroatoms. The Hall–Kier alpha value is -1.36. The van der Waals surface area contributed by atoms with Gasteiger partial charge in [-0.15, -0.1) is 0 Å². The summed E-state index contributed by atoms with van der Waals surface area (Å²) in [6.45, 7) is 0.219. The van der Waals surface area contributed by atoms with Crippen LogP contribution in [0.25, 0.3) is 0 Å². The second-order valence-electron chi connectivity index (χ2n) is 4.04. The van der Waals surface area contributed by atoms with E-state index < -0.39 is 5.82 Å². The molecule has 0 bridgehead atoms. The molecule has 0 amide bonds. The van der Waals surface area contributed by atoms with Crippen LogP contribution in [0.1, 0.15) is 11.1 Å². The van der Waals surface area contributed by atoms with E-state index in [1.165, 1.54) is 6.07 Å². The lowest BCUT2D eigenvalue weighted by Crippen LogP contribution is -2.12. The minimum Gasteiger partial charge on any atom is -0.487 e. The van der Waals surface area contributed by atoms with Crippen molar-refractivity contribution in [3.8, 4) is 5.75 Å². The average Bonchev–Trinajstić information content (AvgIpc) is 2.39. The third-order valence-corrected chi connectivity index (χ3v) is 3.33. The minimum absolute atomic E-state index is 0.00822. The highest BCUT2D eigenvalue weighted by Crippen LogP contribution is 2.28. The van der Waals surface area contributed by atoms with E-state index in [2.05, 4.69) is 0 Å². The summed E-state index contributed by atoms with van der Waals surface area (Å²) in [4.78, 5) is 0.00822. The molecule has 0 aliphatic rings. The molecule has 2 aromatic rings. The van der Waals surface area contributed by atoms with Gasteiger partial charge >= 0.3 is 0 Å². The maximum atomic E-state index is 13.4. The lowest BCUT2D eigenvalue weighted by Gasteiger charge is -2.09. The van der Waals surface area contributed by atoms with Crippen LogP contribution >= 0.6 is 35.4 Å². The van der Waals surface area contributed by atoms with Gasteiger partial charge in [0.2, 0.25) is 0 Å². The number of hydrogen-bond acceptors (Lipinski definition) is 2. The van der Waals surface area contributed by atoms with Crippen LogP contribution < -0.4 is 10.5 Å². The molecule has 20 heavy (non-hydrogen) atoms. The first-order chi connectivity index (χ1) is 9.47. The fraction of sp³-hybridized carbons (Fsp3) is 0.0714. The number of nitrogens with two attached hydrogens (primary N) is 1. The summed E-state index contributed by atoms with van der Waals surface area (Å²) in [5.41, 5.74) is 6.38. The number of thiocarbonyl (C=S) groups is 1. The highest BCUT2D eigenvalue weighted by molar-refractivity contribution is 7.80. The van der Waals surface area contributed by atoms with Crippen molar-refractivity contribution in [3.63, 3.8) is 0 Å². The Kier molecular flexibility index (Phi) is 4.81. The quantitative estimate of drug-likeness (QED) is 0.847. The van der Waals surface area contributed by atoms with Crippen LogP contribution in [0.3, 0.4) is 0 Å². The zero-order chi connectivity index (χ0) is 14.7. The van der Waals surface area contributed by atoms with Gasteiger partial charge in [-0.25, -0.2) is 4.39 Å². The summed E-state index contributed by atoms with van der Waals surface area (Å²) in [7, 11) is 0. The molecule has 0 radical (unpaired) electrons. The van der Waals surface area contributed by atoms with Gasteiger partial charge in [0, 0.05) is 10.6 Å². The fourth-order valence-electron chi connectivity index (χ4n) is 1.60. The van der Waals surface area contributed by atoms with Crippen LogP contribution in [0.2, 0.25) is 10.0 Å². The Morgan fingerprint density at radius 3 is 2.60 bits per heavy atom. The van der Waals surface area contributed by atoms with E-state index in [4.69, 9.17) is 45.9 Å². The standard InChI is InChI=1S/C14H10Cl2FNOS/c15-9-2-4-13(11(16)6-9)19-7-8-1-3-12(17)10(5-8)14(18)20/h1-6H,7H2,(H2,18,20). The van der Waals surface area contributed by atoms with Gasteiger partial charge in [-0.3, -0.25) is 0 Å². The third-order valence-electron chi connectivity index (χ3n) is 2.58. The van der Waals surface area contributed by atoms with Crippen molar-refractivity contribution in [1.29, 1.82) is 0 Å². The average molecular weight is 330 g/mol. The van der Waals surface area contributed by atoms with Gasteiger partial charge in [0.15, 0.2) is 0 Å². The SMILES string of the molecule is NC(=S)c1cc(COc2ccc(Cl)cc2Cl)ccc1F. The van der Waals surface area contributed by atoms with Crippen LogP contribution in [0.4, 0.5) is 4.39 Å². The summed E-state index contributed by atoms with van der Waals surface area (Å²) in [6.07, 6.45) is 0. The molecule has 0 fully saturated rings. The van der Waals surface area contributed by atoms with Crippen LogP contribution in [0.5, 0.6) is 5.75 Å². The maximum Gasteiger partial charge on any atom is 0.138 e. The first kappa shape index (κ1) is 15.0. The fourth-order valence-corrected chi connectivity index (χ4v) is 2.22. The van der Waals surface area contributed by atoms with E-state index in [0.29, 0.717) is 15.8 Å². The van der Waals surface area contributed by atoms with Crippen molar-refractivity contribution in [3.05, 3.63) is 63.4 Å². The largest absolute Gasteiger partial charge is 0.487 e. The molecule has 2 aromatic carbocycles. The summed E-state index contributed by atoms with van der Waals surface area (Å²) in [5, 5.41) is 0.939. The Bertz CT molecular complexity index is 664. The first-order valence-electron chi connectivity index (χ1n) is 5.63. The lowest BCUT2D eigenvalue weighted by molar-refractivity contribution is 0.306. The predicted octanol–water partition coefficient (Wildman–Crippen LogP) is 4.35. The maximum absolute atomic E-state index is 13.4. The number of hydrogen-bond donors (Lipinski definition) is 1.